The maximum atomic E-state index is 6.01. The molecule has 2 heterocycles. The molecule has 2 rings (SSSR count). The van der Waals surface area contributed by atoms with Gasteiger partial charge in [0.1, 0.15) is 5.82 Å². The Morgan fingerprint density at radius 3 is 2.62 bits per heavy atom. The van der Waals surface area contributed by atoms with Crippen LogP contribution in [0.2, 0.25) is 5.02 Å². The normalized spacial score (nSPS) is 12.3. The molecule has 0 saturated carbocycles. The fraction of sp³-hybridized carbons (Fsp3) is 0.417. The molecule has 86 valence electrons. The summed E-state index contributed by atoms with van der Waals surface area (Å²) in [5.74, 6) is 0.991. The lowest BCUT2D eigenvalue weighted by molar-refractivity contribution is 0.541. The van der Waals surface area contributed by atoms with Crippen LogP contribution >= 0.6 is 11.6 Å². The predicted molar refractivity (Wildman–Crippen MR) is 66.8 cm³/mol. The molecule has 0 aliphatic carbocycles. The van der Waals surface area contributed by atoms with Crippen LogP contribution in [-0.2, 0) is 12.0 Å². The second-order valence-corrected chi connectivity index (χ2v) is 5.38. The third kappa shape index (κ3) is 1.81. The van der Waals surface area contributed by atoms with E-state index in [0.29, 0.717) is 11.6 Å². The average molecular weight is 238 g/mol. The topological polar surface area (TPSA) is 43.3 Å². The summed E-state index contributed by atoms with van der Waals surface area (Å²) in [6.07, 6.45) is 1.89. The van der Waals surface area contributed by atoms with Crippen LogP contribution in [0, 0.1) is 0 Å². The molecule has 16 heavy (non-hydrogen) atoms. The Bertz CT molecular complexity index is 523. The minimum atomic E-state index is -0.0268. The number of hydrogen-bond donors (Lipinski definition) is 1. The second-order valence-electron chi connectivity index (χ2n) is 4.94. The molecule has 4 heteroatoms. The summed E-state index contributed by atoms with van der Waals surface area (Å²) in [7, 11) is 0. The van der Waals surface area contributed by atoms with Crippen molar-refractivity contribution in [3.63, 3.8) is 0 Å². The molecule has 0 radical (unpaired) electrons. The third-order valence-corrected chi connectivity index (χ3v) is 2.76. The van der Waals surface area contributed by atoms with Crippen molar-refractivity contribution in [2.45, 2.75) is 32.7 Å². The van der Waals surface area contributed by atoms with Crippen molar-refractivity contribution in [1.29, 1.82) is 0 Å². The first kappa shape index (κ1) is 11.4. The number of imidazole rings is 1. The summed E-state index contributed by atoms with van der Waals surface area (Å²) in [4.78, 5) is 4.60. The summed E-state index contributed by atoms with van der Waals surface area (Å²) >= 11 is 6.01. The molecule has 0 aliphatic rings. The number of rotatable bonds is 1. The Morgan fingerprint density at radius 2 is 2.06 bits per heavy atom. The highest BCUT2D eigenvalue weighted by Crippen LogP contribution is 2.25. The van der Waals surface area contributed by atoms with Crippen molar-refractivity contribution in [2.24, 2.45) is 5.73 Å². The van der Waals surface area contributed by atoms with Gasteiger partial charge in [-0.1, -0.05) is 32.4 Å². The Kier molecular flexibility index (Phi) is 2.68. The quantitative estimate of drug-likeness (QED) is 0.829. The molecule has 0 amide bonds. The molecule has 3 nitrogen and oxygen atoms in total. The summed E-state index contributed by atoms with van der Waals surface area (Å²) < 4.78 is 2.03. The summed E-state index contributed by atoms with van der Waals surface area (Å²) in [6, 6.07) is 3.83. The Balaban J connectivity index is 2.79. The third-order valence-electron chi connectivity index (χ3n) is 2.54. The molecular formula is C12H16ClN3. The van der Waals surface area contributed by atoms with Crippen LogP contribution in [0.25, 0.3) is 5.52 Å². The first-order valence-electron chi connectivity index (χ1n) is 5.30. The minimum Gasteiger partial charge on any atom is -0.325 e. The van der Waals surface area contributed by atoms with E-state index < -0.39 is 0 Å². The van der Waals surface area contributed by atoms with Crippen molar-refractivity contribution in [3.05, 3.63) is 34.9 Å². The van der Waals surface area contributed by atoms with Crippen LogP contribution in [0.1, 0.15) is 32.3 Å². The van der Waals surface area contributed by atoms with Gasteiger partial charge in [-0.25, -0.2) is 4.98 Å². The van der Waals surface area contributed by atoms with Crippen LogP contribution in [0.15, 0.2) is 18.3 Å². The number of fused-ring (bicyclic) bond motifs is 1. The largest absolute Gasteiger partial charge is 0.325 e. The number of hydrogen-bond acceptors (Lipinski definition) is 2. The fourth-order valence-corrected chi connectivity index (χ4v) is 1.96. The van der Waals surface area contributed by atoms with E-state index in [0.717, 1.165) is 17.0 Å². The zero-order valence-corrected chi connectivity index (χ0v) is 10.5. The van der Waals surface area contributed by atoms with E-state index in [2.05, 4.69) is 25.8 Å². The van der Waals surface area contributed by atoms with Gasteiger partial charge in [0.05, 0.1) is 16.2 Å². The molecule has 0 fully saturated rings. The molecule has 0 unspecified atom stereocenters. The van der Waals surface area contributed by atoms with E-state index in [1.165, 1.54) is 0 Å². The van der Waals surface area contributed by atoms with Gasteiger partial charge in [0.2, 0.25) is 0 Å². The zero-order valence-electron chi connectivity index (χ0n) is 9.79. The lowest BCUT2D eigenvalue weighted by Gasteiger charge is -2.16. The average Bonchev–Trinajstić information content (AvgIpc) is 2.54. The lowest BCUT2D eigenvalue weighted by atomic mass is 9.96. The molecule has 2 aromatic heterocycles. The molecule has 0 aromatic carbocycles. The van der Waals surface area contributed by atoms with Gasteiger partial charge < -0.3 is 10.1 Å². The van der Waals surface area contributed by atoms with Crippen LogP contribution in [-0.4, -0.2) is 9.38 Å². The SMILES string of the molecule is CC(C)(C)c1nc(CN)c2ccc(Cl)cn12. The monoisotopic (exact) mass is 237 g/mol. The van der Waals surface area contributed by atoms with E-state index in [4.69, 9.17) is 17.3 Å². The van der Waals surface area contributed by atoms with Gasteiger partial charge in [-0.05, 0) is 12.1 Å². The Labute approximate surface area is 100 Å². The predicted octanol–water partition coefficient (Wildman–Crippen LogP) is 2.74. The van der Waals surface area contributed by atoms with Gasteiger partial charge in [-0.2, -0.15) is 0 Å². The molecule has 2 N–H and O–H groups in total. The van der Waals surface area contributed by atoms with Gasteiger partial charge >= 0.3 is 0 Å². The maximum absolute atomic E-state index is 6.01. The number of aromatic nitrogens is 2. The van der Waals surface area contributed by atoms with E-state index >= 15 is 0 Å². The first-order valence-corrected chi connectivity index (χ1v) is 5.68. The smallest absolute Gasteiger partial charge is 0.119 e. The standard InChI is InChI=1S/C12H16ClN3/c1-12(2,3)11-15-9(6-14)10-5-4-8(13)7-16(10)11/h4-5,7H,6,14H2,1-3H3. The zero-order chi connectivity index (χ0) is 11.9. The van der Waals surface area contributed by atoms with E-state index in [1.54, 1.807) is 0 Å². The molecular weight excluding hydrogens is 222 g/mol. The number of pyridine rings is 1. The van der Waals surface area contributed by atoms with Crippen LogP contribution in [0.3, 0.4) is 0 Å². The lowest BCUT2D eigenvalue weighted by Crippen LogP contribution is -2.15. The summed E-state index contributed by atoms with van der Waals surface area (Å²) in [5, 5.41) is 0.707. The highest BCUT2D eigenvalue weighted by atomic mass is 35.5. The summed E-state index contributed by atoms with van der Waals surface area (Å²) in [6.45, 7) is 6.83. The maximum Gasteiger partial charge on any atom is 0.119 e. The van der Waals surface area contributed by atoms with Gasteiger partial charge in [-0.15, -0.1) is 0 Å². The van der Waals surface area contributed by atoms with Crippen LogP contribution in [0.5, 0.6) is 0 Å². The minimum absolute atomic E-state index is 0.0268. The van der Waals surface area contributed by atoms with Crippen molar-refractivity contribution in [1.82, 2.24) is 9.38 Å². The first-order chi connectivity index (χ1) is 7.43. The molecule has 0 aliphatic heterocycles. The van der Waals surface area contributed by atoms with Gasteiger partial charge in [0.25, 0.3) is 0 Å². The molecule has 0 bridgehead atoms. The van der Waals surface area contributed by atoms with Gasteiger partial charge in [0, 0.05) is 18.2 Å². The van der Waals surface area contributed by atoms with Gasteiger partial charge in [0.15, 0.2) is 0 Å². The van der Waals surface area contributed by atoms with E-state index in [-0.39, 0.29) is 5.41 Å². The molecule has 2 aromatic rings. The Hall–Kier alpha value is -1.06. The van der Waals surface area contributed by atoms with Crippen LogP contribution < -0.4 is 5.73 Å². The van der Waals surface area contributed by atoms with E-state index in [9.17, 15) is 0 Å². The van der Waals surface area contributed by atoms with Crippen molar-refractivity contribution in [3.8, 4) is 0 Å². The van der Waals surface area contributed by atoms with Crippen LogP contribution in [0.4, 0.5) is 0 Å². The highest BCUT2D eigenvalue weighted by Gasteiger charge is 2.21. The fourth-order valence-electron chi connectivity index (χ4n) is 1.80. The van der Waals surface area contributed by atoms with E-state index in [1.807, 2.05) is 22.7 Å². The number of nitrogens with two attached hydrogens (primary N) is 1. The van der Waals surface area contributed by atoms with Gasteiger partial charge in [-0.3, -0.25) is 0 Å². The van der Waals surface area contributed by atoms with Crippen molar-refractivity contribution >= 4 is 17.1 Å². The molecule has 0 atom stereocenters. The summed E-state index contributed by atoms with van der Waals surface area (Å²) in [5.41, 5.74) is 7.63. The van der Waals surface area contributed by atoms with Crippen molar-refractivity contribution < 1.29 is 0 Å². The number of halogens is 1. The molecule has 0 saturated heterocycles. The highest BCUT2D eigenvalue weighted by molar-refractivity contribution is 6.30. The molecule has 0 spiro atoms. The Morgan fingerprint density at radius 1 is 1.38 bits per heavy atom. The second kappa shape index (κ2) is 3.75. The van der Waals surface area contributed by atoms with Crippen molar-refractivity contribution in [2.75, 3.05) is 0 Å². The number of nitrogens with zero attached hydrogens (tertiary/aromatic N) is 2.